The minimum Gasteiger partial charge on any atom is -0.444 e. The van der Waals surface area contributed by atoms with Crippen LogP contribution in [-0.4, -0.2) is 36.9 Å². The Morgan fingerprint density at radius 2 is 1.50 bits per heavy atom. The molecule has 3 N–H and O–H groups in total. The van der Waals surface area contributed by atoms with Gasteiger partial charge in [0, 0.05) is 19.1 Å². The lowest BCUT2D eigenvalue weighted by Gasteiger charge is -2.25. The Morgan fingerprint density at radius 1 is 0.955 bits per heavy atom. The van der Waals surface area contributed by atoms with Gasteiger partial charge in [-0.25, -0.2) is 9.59 Å². The zero-order valence-corrected chi connectivity index (χ0v) is 15.1. The smallest absolute Gasteiger partial charge is 0.407 e. The van der Waals surface area contributed by atoms with Gasteiger partial charge in [0.2, 0.25) is 0 Å². The van der Waals surface area contributed by atoms with Crippen LogP contribution in [0.3, 0.4) is 0 Å². The van der Waals surface area contributed by atoms with Crippen LogP contribution in [0.4, 0.5) is 9.59 Å². The molecule has 0 rings (SSSR count). The SMILES string of the molecule is CC(C)CNC(=O)NCC(CC(C)C)NC(=O)OC(C)(C)C. The first-order valence-electron chi connectivity index (χ1n) is 8.00. The van der Waals surface area contributed by atoms with E-state index >= 15 is 0 Å². The third kappa shape index (κ3) is 12.3. The van der Waals surface area contributed by atoms with Crippen molar-refractivity contribution < 1.29 is 14.3 Å². The molecule has 0 fully saturated rings. The maximum atomic E-state index is 11.8. The van der Waals surface area contributed by atoms with Crippen LogP contribution in [0, 0.1) is 11.8 Å². The van der Waals surface area contributed by atoms with E-state index in [1.807, 2.05) is 34.6 Å². The van der Waals surface area contributed by atoms with Gasteiger partial charge in [-0.05, 0) is 39.0 Å². The number of hydrogen-bond acceptors (Lipinski definition) is 3. The van der Waals surface area contributed by atoms with Gasteiger partial charge in [-0.15, -0.1) is 0 Å². The molecule has 1 atom stereocenters. The maximum Gasteiger partial charge on any atom is 0.407 e. The number of carbonyl (C=O) groups excluding carboxylic acids is 2. The molecule has 1 unspecified atom stereocenters. The molecule has 0 bridgehead atoms. The van der Waals surface area contributed by atoms with Crippen LogP contribution >= 0.6 is 0 Å². The van der Waals surface area contributed by atoms with E-state index < -0.39 is 11.7 Å². The number of rotatable bonds is 7. The first-order valence-corrected chi connectivity index (χ1v) is 8.00. The Hall–Kier alpha value is -1.46. The average molecular weight is 315 g/mol. The first-order chi connectivity index (χ1) is 9.99. The topological polar surface area (TPSA) is 79.5 Å². The molecule has 0 aromatic heterocycles. The summed E-state index contributed by atoms with van der Waals surface area (Å²) in [5.74, 6) is 0.803. The molecule has 0 aromatic rings. The number of nitrogens with one attached hydrogen (secondary N) is 3. The highest BCUT2D eigenvalue weighted by atomic mass is 16.6. The van der Waals surface area contributed by atoms with E-state index in [1.165, 1.54) is 0 Å². The number of amides is 3. The molecule has 22 heavy (non-hydrogen) atoms. The fourth-order valence-electron chi connectivity index (χ4n) is 1.81. The summed E-state index contributed by atoms with van der Waals surface area (Å²) in [7, 11) is 0. The highest BCUT2D eigenvalue weighted by Crippen LogP contribution is 2.09. The van der Waals surface area contributed by atoms with Gasteiger partial charge in [0.1, 0.15) is 5.60 Å². The Morgan fingerprint density at radius 3 is 1.95 bits per heavy atom. The number of alkyl carbamates (subject to hydrolysis) is 1. The van der Waals surface area contributed by atoms with Crippen LogP contribution in [0.25, 0.3) is 0 Å². The molecule has 0 heterocycles. The van der Waals surface area contributed by atoms with Crippen molar-refractivity contribution in [1.82, 2.24) is 16.0 Å². The second-order valence-electron chi connectivity index (χ2n) is 7.46. The number of urea groups is 1. The van der Waals surface area contributed by atoms with E-state index in [0.29, 0.717) is 24.9 Å². The van der Waals surface area contributed by atoms with Crippen molar-refractivity contribution in [2.24, 2.45) is 11.8 Å². The normalized spacial score (nSPS) is 13.0. The minimum absolute atomic E-state index is 0.153. The van der Waals surface area contributed by atoms with Crippen LogP contribution in [0.5, 0.6) is 0 Å². The van der Waals surface area contributed by atoms with E-state index in [-0.39, 0.29) is 12.1 Å². The molecule has 0 aliphatic rings. The van der Waals surface area contributed by atoms with Crippen molar-refractivity contribution in [2.75, 3.05) is 13.1 Å². The van der Waals surface area contributed by atoms with Crippen molar-refractivity contribution >= 4 is 12.1 Å². The van der Waals surface area contributed by atoms with Gasteiger partial charge in [0.15, 0.2) is 0 Å². The summed E-state index contributed by atoms with van der Waals surface area (Å²) in [4.78, 5) is 23.5. The summed E-state index contributed by atoms with van der Waals surface area (Å²) >= 11 is 0. The van der Waals surface area contributed by atoms with Crippen molar-refractivity contribution in [3.05, 3.63) is 0 Å². The number of hydrogen-bond donors (Lipinski definition) is 3. The van der Waals surface area contributed by atoms with Crippen LogP contribution in [-0.2, 0) is 4.74 Å². The van der Waals surface area contributed by atoms with E-state index in [0.717, 1.165) is 6.42 Å². The lowest BCUT2D eigenvalue weighted by atomic mass is 10.0. The molecule has 130 valence electrons. The molecule has 3 amide bonds. The largest absolute Gasteiger partial charge is 0.444 e. The monoisotopic (exact) mass is 315 g/mol. The molecule has 0 aromatic carbocycles. The molecular formula is C16H33N3O3. The Balaban J connectivity index is 4.34. The standard InChI is InChI=1S/C16H33N3O3/c1-11(2)8-13(19-15(21)22-16(5,6)7)10-18-14(20)17-9-12(3)4/h11-13H,8-10H2,1-7H3,(H,19,21)(H2,17,18,20). The second kappa shape index (κ2) is 9.54. The summed E-state index contributed by atoms with van der Waals surface area (Å²) in [5, 5.41) is 8.40. The lowest BCUT2D eigenvalue weighted by Crippen LogP contribution is -2.48. The second-order valence-corrected chi connectivity index (χ2v) is 7.46. The van der Waals surface area contributed by atoms with Gasteiger partial charge in [-0.2, -0.15) is 0 Å². The van der Waals surface area contributed by atoms with Crippen LogP contribution in [0.2, 0.25) is 0 Å². The van der Waals surface area contributed by atoms with E-state index in [1.54, 1.807) is 0 Å². The molecule has 0 spiro atoms. The van der Waals surface area contributed by atoms with Gasteiger partial charge in [-0.3, -0.25) is 0 Å². The summed E-state index contributed by atoms with van der Waals surface area (Å²) in [5.41, 5.74) is -0.533. The Labute approximate surface area is 134 Å². The minimum atomic E-state index is -0.533. The van der Waals surface area contributed by atoms with Crippen molar-refractivity contribution in [2.45, 2.75) is 66.5 Å². The fourth-order valence-corrected chi connectivity index (χ4v) is 1.81. The van der Waals surface area contributed by atoms with Crippen LogP contribution in [0.1, 0.15) is 54.9 Å². The van der Waals surface area contributed by atoms with E-state index in [4.69, 9.17) is 4.74 Å². The van der Waals surface area contributed by atoms with E-state index in [9.17, 15) is 9.59 Å². The summed E-state index contributed by atoms with van der Waals surface area (Å²) in [6.45, 7) is 14.7. The zero-order chi connectivity index (χ0) is 17.3. The van der Waals surface area contributed by atoms with Gasteiger partial charge in [0.25, 0.3) is 0 Å². The Kier molecular flexibility index (Phi) is 8.90. The average Bonchev–Trinajstić information content (AvgIpc) is 2.30. The molecule has 0 saturated carbocycles. The van der Waals surface area contributed by atoms with Crippen molar-refractivity contribution in [3.63, 3.8) is 0 Å². The zero-order valence-electron chi connectivity index (χ0n) is 15.1. The molecule has 0 aliphatic heterocycles. The quantitative estimate of drug-likeness (QED) is 0.676. The molecule has 6 nitrogen and oxygen atoms in total. The summed E-state index contributed by atoms with van der Waals surface area (Å²) in [6, 6.07) is -0.368. The molecule has 6 heteroatoms. The van der Waals surface area contributed by atoms with Gasteiger partial charge >= 0.3 is 12.1 Å². The van der Waals surface area contributed by atoms with Gasteiger partial charge in [0.05, 0.1) is 0 Å². The molecule has 0 aliphatic carbocycles. The predicted molar refractivity (Wildman–Crippen MR) is 88.9 cm³/mol. The molecule has 0 radical (unpaired) electrons. The third-order valence-electron chi connectivity index (χ3n) is 2.66. The lowest BCUT2D eigenvalue weighted by molar-refractivity contribution is 0.0498. The van der Waals surface area contributed by atoms with Gasteiger partial charge < -0.3 is 20.7 Å². The van der Waals surface area contributed by atoms with Gasteiger partial charge in [-0.1, -0.05) is 27.7 Å². The summed E-state index contributed by atoms with van der Waals surface area (Å²) < 4.78 is 5.26. The van der Waals surface area contributed by atoms with Crippen LogP contribution < -0.4 is 16.0 Å². The number of ether oxygens (including phenoxy) is 1. The van der Waals surface area contributed by atoms with Crippen LogP contribution in [0.15, 0.2) is 0 Å². The molecular weight excluding hydrogens is 282 g/mol. The molecule has 0 saturated heterocycles. The Bertz CT molecular complexity index is 349. The predicted octanol–water partition coefficient (Wildman–Crippen LogP) is 2.88. The fraction of sp³-hybridized carbons (Fsp3) is 0.875. The number of carbonyl (C=O) groups is 2. The summed E-state index contributed by atoms with van der Waals surface area (Å²) in [6.07, 6.45) is 0.312. The third-order valence-corrected chi connectivity index (χ3v) is 2.66. The highest BCUT2D eigenvalue weighted by Gasteiger charge is 2.20. The van der Waals surface area contributed by atoms with E-state index in [2.05, 4.69) is 29.8 Å². The van der Waals surface area contributed by atoms with Crippen molar-refractivity contribution in [3.8, 4) is 0 Å². The highest BCUT2D eigenvalue weighted by molar-refractivity contribution is 5.74. The first kappa shape index (κ1) is 20.5. The maximum absolute atomic E-state index is 11.8. The van der Waals surface area contributed by atoms with Crippen molar-refractivity contribution in [1.29, 1.82) is 0 Å².